The Kier molecular flexibility index (Phi) is 9.43. The lowest BCUT2D eigenvalue weighted by Crippen LogP contribution is -2.51. The van der Waals surface area contributed by atoms with Gasteiger partial charge in [0.25, 0.3) is 0 Å². The number of aliphatic hydroxyl groups excluding tert-OH is 3. The molecule has 1 aliphatic rings. The minimum absolute atomic E-state index is 0.129. The molecule has 4 atom stereocenters. The van der Waals surface area contributed by atoms with Crippen LogP contribution in [0.1, 0.15) is 25.3 Å². The van der Waals surface area contributed by atoms with Gasteiger partial charge < -0.3 is 40.6 Å². The Morgan fingerprint density at radius 2 is 1.85 bits per heavy atom. The van der Waals surface area contributed by atoms with E-state index in [-0.39, 0.29) is 38.1 Å². The lowest BCUT2D eigenvalue weighted by molar-refractivity contribution is -0.138. The zero-order chi connectivity index (χ0) is 24.7. The number of rotatable bonds is 3. The van der Waals surface area contributed by atoms with E-state index in [0.717, 1.165) is 16.5 Å². The minimum atomic E-state index is -1.45. The van der Waals surface area contributed by atoms with Gasteiger partial charge >= 0.3 is 0 Å². The number of aromatic amines is 1. The average molecular weight is 477 g/mol. The number of hydrogen-bond donors (Lipinski definition) is 5. The van der Waals surface area contributed by atoms with Crippen LogP contribution in [0.2, 0.25) is 0 Å². The van der Waals surface area contributed by atoms with E-state index in [0.29, 0.717) is 32.4 Å². The molecule has 6 N–H and O–H groups in total. The molecular formula is C24H36N4O6. The molecular weight excluding hydrogens is 440 g/mol. The van der Waals surface area contributed by atoms with Gasteiger partial charge in [-0.05, 0) is 30.9 Å². The van der Waals surface area contributed by atoms with Gasteiger partial charge in [0.05, 0.1) is 12.6 Å². The van der Waals surface area contributed by atoms with Crippen molar-refractivity contribution in [1.82, 2.24) is 14.8 Å². The van der Waals surface area contributed by atoms with Crippen molar-refractivity contribution < 1.29 is 29.6 Å². The zero-order valence-electron chi connectivity index (χ0n) is 19.6. The normalized spacial score (nSPS) is 24.6. The molecule has 10 nitrogen and oxygen atoms in total. The van der Waals surface area contributed by atoms with Gasteiger partial charge in [0, 0.05) is 56.8 Å². The van der Waals surface area contributed by atoms with E-state index >= 15 is 0 Å². The molecule has 0 aliphatic carbocycles. The van der Waals surface area contributed by atoms with Gasteiger partial charge in [-0.3, -0.25) is 9.59 Å². The molecule has 3 rings (SSSR count). The first kappa shape index (κ1) is 26.1. The molecule has 1 aromatic heterocycles. The first-order valence-electron chi connectivity index (χ1n) is 11.7. The van der Waals surface area contributed by atoms with Gasteiger partial charge in [0.15, 0.2) is 0 Å². The number of nitrogens with two attached hydrogens (primary N) is 1. The highest BCUT2D eigenvalue weighted by Crippen LogP contribution is 2.19. The molecule has 34 heavy (non-hydrogen) atoms. The molecule has 0 spiro atoms. The molecule has 1 aliphatic heterocycles. The Hall–Kier alpha value is -2.50. The molecule has 0 bridgehead atoms. The molecule has 2 amide bonds. The van der Waals surface area contributed by atoms with Gasteiger partial charge in [0.1, 0.15) is 18.3 Å². The van der Waals surface area contributed by atoms with Gasteiger partial charge in [-0.1, -0.05) is 18.2 Å². The van der Waals surface area contributed by atoms with Crippen LogP contribution in [-0.2, 0) is 20.7 Å². The largest absolute Gasteiger partial charge is 0.388 e. The van der Waals surface area contributed by atoms with Crippen LogP contribution in [0.4, 0.5) is 0 Å². The number of nitrogens with zero attached hydrogens (tertiary/aromatic N) is 2. The molecule has 1 aromatic carbocycles. The van der Waals surface area contributed by atoms with Gasteiger partial charge in [-0.15, -0.1) is 0 Å². The third kappa shape index (κ3) is 6.77. The summed E-state index contributed by atoms with van der Waals surface area (Å²) in [7, 11) is 0. The van der Waals surface area contributed by atoms with E-state index in [1.165, 1.54) is 11.8 Å². The standard InChI is InChI=1S/C24H36N4O6/c1-16(29)28-10-9-27(8-4-5-11-34-15-22(31)23(32)21(30)14-28)24(33)19(25)12-17-13-26-20-7-3-2-6-18(17)20/h2-3,6-7,13,19,21-23,26,30-32H,4-5,8-12,14-15,25H2,1H3/t19-,21-,22+,23+/m0/s1. The smallest absolute Gasteiger partial charge is 0.239 e. The topological polar surface area (TPSA) is 152 Å². The summed E-state index contributed by atoms with van der Waals surface area (Å²) in [5.41, 5.74) is 8.28. The highest BCUT2D eigenvalue weighted by atomic mass is 16.5. The number of β-amino-alcohol motifs (C(OH)–C–C–N with tert-alkyl or cyclic N) is 1. The molecule has 0 radical (unpaired) electrons. The number of para-hydroxylation sites is 1. The number of amides is 2. The van der Waals surface area contributed by atoms with E-state index in [9.17, 15) is 24.9 Å². The van der Waals surface area contributed by atoms with Crippen LogP contribution >= 0.6 is 0 Å². The average Bonchev–Trinajstić information content (AvgIpc) is 3.23. The van der Waals surface area contributed by atoms with Crippen molar-refractivity contribution in [3.63, 3.8) is 0 Å². The van der Waals surface area contributed by atoms with Crippen LogP contribution in [0.3, 0.4) is 0 Å². The van der Waals surface area contributed by atoms with Crippen molar-refractivity contribution in [1.29, 1.82) is 0 Å². The molecule has 188 valence electrons. The number of benzene rings is 1. The maximum Gasteiger partial charge on any atom is 0.239 e. The summed E-state index contributed by atoms with van der Waals surface area (Å²) in [6.07, 6.45) is -0.507. The maximum atomic E-state index is 13.3. The van der Waals surface area contributed by atoms with Crippen LogP contribution in [-0.4, -0.2) is 106 Å². The molecule has 2 aromatic rings. The van der Waals surface area contributed by atoms with E-state index in [2.05, 4.69) is 4.98 Å². The number of fused-ring (bicyclic) bond motifs is 1. The molecule has 0 saturated carbocycles. The number of nitrogens with one attached hydrogen (secondary N) is 1. The maximum absolute atomic E-state index is 13.3. The SMILES string of the molecule is CC(=O)N1CCN(C(=O)[C@@H](N)Cc2c[nH]c3ccccc23)CCCCOC[C@@H](O)[C@H](O)[C@@H](O)C1. The van der Waals surface area contributed by atoms with Crippen LogP contribution in [0.5, 0.6) is 0 Å². The summed E-state index contributed by atoms with van der Waals surface area (Å²) in [5.74, 6) is -0.516. The van der Waals surface area contributed by atoms with Crippen LogP contribution < -0.4 is 5.73 Å². The lowest BCUT2D eigenvalue weighted by Gasteiger charge is -2.32. The highest BCUT2D eigenvalue weighted by molar-refractivity contribution is 5.86. The predicted molar refractivity (Wildman–Crippen MR) is 127 cm³/mol. The van der Waals surface area contributed by atoms with E-state index < -0.39 is 24.4 Å². The van der Waals surface area contributed by atoms with E-state index in [1.807, 2.05) is 30.5 Å². The number of ether oxygens (including phenoxy) is 1. The third-order valence-corrected chi connectivity index (χ3v) is 6.28. The molecule has 1 saturated heterocycles. The fraction of sp³-hybridized carbons (Fsp3) is 0.583. The predicted octanol–water partition coefficient (Wildman–Crippen LogP) is -0.392. The van der Waals surface area contributed by atoms with Crippen molar-refractivity contribution in [2.75, 3.05) is 39.4 Å². The number of carbonyl (C=O) groups excluding carboxylic acids is 2. The number of aliphatic hydroxyl groups is 3. The second-order valence-corrected chi connectivity index (χ2v) is 8.87. The van der Waals surface area contributed by atoms with Crippen molar-refractivity contribution in [3.8, 4) is 0 Å². The fourth-order valence-corrected chi connectivity index (χ4v) is 4.21. The summed E-state index contributed by atoms with van der Waals surface area (Å²) in [6, 6.07) is 7.09. The van der Waals surface area contributed by atoms with Crippen molar-refractivity contribution in [2.45, 2.75) is 50.5 Å². The third-order valence-electron chi connectivity index (χ3n) is 6.28. The second kappa shape index (κ2) is 12.3. The molecule has 0 unspecified atom stereocenters. The van der Waals surface area contributed by atoms with Crippen LogP contribution in [0.15, 0.2) is 30.5 Å². The van der Waals surface area contributed by atoms with Crippen LogP contribution in [0.25, 0.3) is 10.9 Å². The minimum Gasteiger partial charge on any atom is -0.388 e. The summed E-state index contributed by atoms with van der Waals surface area (Å²) >= 11 is 0. The first-order valence-corrected chi connectivity index (χ1v) is 11.7. The van der Waals surface area contributed by atoms with Gasteiger partial charge in [-0.25, -0.2) is 0 Å². The number of H-pyrrole nitrogens is 1. The summed E-state index contributed by atoms with van der Waals surface area (Å²) < 4.78 is 5.40. The summed E-state index contributed by atoms with van der Waals surface area (Å²) in [5, 5.41) is 31.5. The number of carbonyl (C=O) groups is 2. The Morgan fingerprint density at radius 3 is 2.62 bits per heavy atom. The van der Waals surface area contributed by atoms with Crippen LogP contribution in [0, 0.1) is 0 Å². The Balaban J connectivity index is 1.70. The van der Waals surface area contributed by atoms with Crippen molar-refractivity contribution in [2.24, 2.45) is 5.73 Å². The monoisotopic (exact) mass is 476 g/mol. The van der Waals surface area contributed by atoms with E-state index in [1.54, 1.807) is 4.90 Å². The summed E-state index contributed by atoms with van der Waals surface area (Å²) in [6.45, 7) is 2.28. The quantitative estimate of drug-likeness (QED) is 0.404. The van der Waals surface area contributed by atoms with Crippen molar-refractivity contribution in [3.05, 3.63) is 36.0 Å². The highest BCUT2D eigenvalue weighted by Gasteiger charge is 2.29. The van der Waals surface area contributed by atoms with Gasteiger partial charge in [0.2, 0.25) is 11.8 Å². The number of hydrogen-bond acceptors (Lipinski definition) is 7. The first-order chi connectivity index (χ1) is 16.3. The fourth-order valence-electron chi connectivity index (χ4n) is 4.21. The lowest BCUT2D eigenvalue weighted by atomic mass is 10.0. The Bertz CT molecular complexity index is 950. The Morgan fingerprint density at radius 1 is 1.12 bits per heavy atom. The molecule has 1 fully saturated rings. The van der Waals surface area contributed by atoms with Crippen molar-refractivity contribution >= 4 is 22.7 Å². The van der Waals surface area contributed by atoms with E-state index in [4.69, 9.17) is 10.5 Å². The second-order valence-electron chi connectivity index (χ2n) is 8.87. The van der Waals surface area contributed by atoms with Gasteiger partial charge in [-0.2, -0.15) is 0 Å². The molecule has 10 heteroatoms. The molecule has 2 heterocycles. The summed E-state index contributed by atoms with van der Waals surface area (Å²) in [4.78, 5) is 31.6. The number of aromatic nitrogens is 1. The zero-order valence-corrected chi connectivity index (χ0v) is 19.6. The Labute approximate surface area is 199 Å².